The van der Waals surface area contributed by atoms with E-state index in [9.17, 15) is 14.7 Å². The fraction of sp³-hybridized carbons (Fsp3) is 0.800. The number of carbonyl (C=O) groups is 2. The van der Waals surface area contributed by atoms with Gasteiger partial charge in [0.2, 0.25) is 0 Å². The van der Waals surface area contributed by atoms with Crippen LogP contribution in [0.2, 0.25) is 0 Å². The van der Waals surface area contributed by atoms with Gasteiger partial charge < -0.3 is 9.94 Å². The normalized spacial score (nSPS) is 27.4. The van der Waals surface area contributed by atoms with E-state index in [1.54, 1.807) is 0 Å². The zero-order chi connectivity index (χ0) is 10.8. The molecule has 5 nitrogen and oxygen atoms in total. The molecule has 1 saturated carbocycles. The Bertz CT molecular complexity index is 273. The van der Waals surface area contributed by atoms with Crippen LogP contribution in [0, 0.1) is 5.92 Å². The Morgan fingerprint density at radius 1 is 1.33 bits per heavy atom. The van der Waals surface area contributed by atoms with Crippen molar-refractivity contribution in [3.63, 3.8) is 0 Å². The van der Waals surface area contributed by atoms with Crippen LogP contribution in [0.4, 0.5) is 0 Å². The molecular formula is C10H15NO4. The highest BCUT2D eigenvalue weighted by Gasteiger charge is 2.35. The van der Waals surface area contributed by atoms with E-state index in [0.717, 1.165) is 30.7 Å². The van der Waals surface area contributed by atoms with Gasteiger partial charge in [-0.2, -0.15) is 0 Å². The molecule has 1 aliphatic heterocycles. The Labute approximate surface area is 88.0 Å². The van der Waals surface area contributed by atoms with Crippen molar-refractivity contribution in [2.24, 2.45) is 5.92 Å². The van der Waals surface area contributed by atoms with Crippen LogP contribution in [0.25, 0.3) is 0 Å². The molecule has 0 aromatic heterocycles. The van der Waals surface area contributed by atoms with Gasteiger partial charge in [-0.3, -0.25) is 4.79 Å². The van der Waals surface area contributed by atoms with Gasteiger partial charge in [-0.15, -0.1) is 5.06 Å². The first-order valence-corrected chi connectivity index (χ1v) is 5.40. The van der Waals surface area contributed by atoms with Gasteiger partial charge >= 0.3 is 5.97 Å². The minimum atomic E-state index is -0.956. The summed E-state index contributed by atoms with van der Waals surface area (Å²) in [6, 6.07) is 0. The van der Waals surface area contributed by atoms with Crippen LogP contribution < -0.4 is 0 Å². The van der Waals surface area contributed by atoms with Gasteiger partial charge in [0.15, 0.2) is 6.23 Å². The second kappa shape index (κ2) is 4.18. The summed E-state index contributed by atoms with van der Waals surface area (Å²) >= 11 is 0. The number of hydrogen-bond acceptors (Lipinski definition) is 4. The lowest BCUT2D eigenvalue weighted by Crippen LogP contribution is -2.36. The third kappa shape index (κ3) is 2.12. The number of nitrogens with zero attached hydrogens (tertiary/aromatic N) is 1. The van der Waals surface area contributed by atoms with E-state index in [0.29, 0.717) is 6.42 Å². The van der Waals surface area contributed by atoms with Crippen molar-refractivity contribution in [1.82, 2.24) is 5.06 Å². The van der Waals surface area contributed by atoms with E-state index >= 15 is 0 Å². The summed E-state index contributed by atoms with van der Waals surface area (Å²) in [6.45, 7) is 0. The minimum Gasteiger partial charge on any atom is -0.370 e. The quantitative estimate of drug-likeness (QED) is 0.728. The Kier molecular flexibility index (Phi) is 2.90. The van der Waals surface area contributed by atoms with Crippen LogP contribution in [0.1, 0.15) is 38.5 Å². The third-order valence-electron chi connectivity index (χ3n) is 3.01. The van der Waals surface area contributed by atoms with Crippen molar-refractivity contribution in [3.8, 4) is 0 Å². The lowest BCUT2D eigenvalue weighted by Gasteiger charge is -2.20. The summed E-state index contributed by atoms with van der Waals surface area (Å²) in [7, 11) is 0. The van der Waals surface area contributed by atoms with Crippen LogP contribution in [0.5, 0.6) is 0 Å². The number of hydroxylamine groups is 2. The van der Waals surface area contributed by atoms with E-state index in [4.69, 9.17) is 4.84 Å². The highest BCUT2D eigenvalue weighted by Crippen LogP contribution is 2.27. The fourth-order valence-corrected chi connectivity index (χ4v) is 2.09. The Morgan fingerprint density at radius 2 is 2.00 bits per heavy atom. The summed E-state index contributed by atoms with van der Waals surface area (Å²) in [5.41, 5.74) is 0. The molecule has 15 heavy (non-hydrogen) atoms. The fourth-order valence-electron chi connectivity index (χ4n) is 2.09. The number of hydrogen-bond donors (Lipinski definition) is 1. The minimum absolute atomic E-state index is 0.0920. The van der Waals surface area contributed by atoms with E-state index in [2.05, 4.69) is 0 Å². The van der Waals surface area contributed by atoms with Gasteiger partial charge in [0.05, 0.1) is 5.92 Å². The zero-order valence-electron chi connectivity index (χ0n) is 8.52. The van der Waals surface area contributed by atoms with Crippen LogP contribution in [0.3, 0.4) is 0 Å². The molecule has 84 valence electrons. The van der Waals surface area contributed by atoms with Crippen LogP contribution in [-0.2, 0) is 14.4 Å². The molecule has 2 rings (SSSR count). The monoisotopic (exact) mass is 213 g/mol. The SMILES string of the molecule is O=C(ON1C(=O)CCC1O)C1CCCC1. The standard InChI is InChI=1S/C10H15NO4/c12-8-5-6-9(13)11(8)15-10(14)7-3-1-2-4-7/h7-8,12H,1-6H2. The molecule has 0 bridgehead atoms. The molecule has 0 radical (unpaired) electrons. The summed E-state index contributed by atoms with van der Waals surface area (Å²) in [4.78, 5) is 27.7. The van der Waals surface area contributed by atoms with Crippen molar-refractivity contribution < 1.29 is 19.5 Å². The Hall–Kier alpha value is -1.10. The molecule has 1 aliphatic carbocycles. The van der Waals surface area contributed by atoms with E-state index < -0.39 is 6.23 Å². The molecule has 2 aliphatic rings. The van der Waals surface area contributed by atoms with E-state index in [1.807, 2.05) is 0 Å². The molecule has 1 amide bonds. The number of aliphatic hydroxyl groups excluding tert-OH is 1. The molecule has 1 unspecified atom stereocenters. The van der Waals surface area contributed by atoms with Crippen molar-refractivity contribution in [1.29, 1.82) is 0 Å². The molecular weight excluding hydrogens is 198 g/mol. The zero-order valence-corrected chi connectivity index (χ0v) is 8.52. The predicted molar refractivity (Wildman–Crippen MR) is 50.1 cm³/mol. The van der Waals surface area contributed by atoms with Crippen molar-refractivity contribution in [2.45, 2.75) is 44.8 Å². The summed E-state index contributed by atoms with van der Waals surface area (Å²) < 4.78 is 0. The maximum atomic E-state index is 11.6. The summed E-state index contributed by atoms with van der Waals surface area (Å²) in [5, 5.41) is 10.2. The molecule has 1 heterocycles. The third-order valence-corrected chi connectivity index (χ3v) is 3.01. The molecule has 0 aromatic carbocycles. The molecule has 1 atom stereocenters. The largest absolute Gasteiger partial charge is 0.370 e. The van der Waals surface area contributed by atoms with Crippen LogP contribution in [0.15, 0.2) is 0 Å². The highest BCUT2D eigenvalue weighted by molar-refractivity contribution is 5.80. The van der Waals surface area contributed by atoms with Gasteiger partial charge in [-0.05, 0) is 12.8 Å². The van der Waals surface area contributed by atoms with Crippen molar-refractivity contribution >= 4 is 11.9 Å². The van der Waals surface area contributed by atoms with Gasteiger partial charge in [-0.1, -0.05) is 12.8 Å². The molecule has 1 N–H and O–H groups in total. The van der Waals surface area contributed by atoms with E-state index in [1.165, 1.54) is 0 Å². The first-order chi connectivity index (χ1) is 7.18. The lowest BCUT2D eigenvalue weighted by molar-refractivity contribution is -0.223. The number of amides is 1. The van der Waals surface area contributed by atoms with Gasteiger partial charge in [0.1, 0.15) is 0 Å². The highest BCUT2D eigenvalue weighted by atomic mass is 16.7. The lowest BCUT2D eigenvalue weighted by atomic mass is 10.1. The topological polar surface area (TPSA) is 66.8 Å². The molecule has 0 spiro atoms. The van der Waals surface area contributed by atoms with Crippen LogP contribution in [-0.4, -0.2) is 28.3 Å². The summed E-state index contributed by atoms with van der Waals surface area (Å²) in [6.07, 6.45) is 3.37. The van der Waals surface area contributed by atoms with Crippen molar-refractivity contribution in [2.75, 3.05) is 0 Å². The molecule has 0 aromatic rings. The van der Waals surface area contributed by atoms with Gasteiger partial charge in [-0.25, -0.2) is 4.79 Å². The molecule has 1 saturated heterocycles. The maximum absolute atomic E-state index is 11.6. The van der Waals surface area contributed by atoms with E-state index in [-0.39, 0.29) is 24.2 Å². The number of aliphatic hydroxyl groups is 1. The molecule has 5 heteroatoms. The number of carbonyl (C=O) groups excluding carboxylic acids is 2. The Morgan fingerprint density at radius 3 is 2.53 bits per heavy atom. The predicted octanol–water partition coefficient (Wildman–Crippen LogP) is 0.576. The van der Waals surface area contributed by atoms with Crippen molar-refractivity contribution in [3.05, 3.63) is 0 Å². The smallest absolute Gasteiger partial charge is 0.335 e. The second-order valence-corrected chi connectivity index (χ2v) is 4.13. The second-order valence-electron chi connectivity index (χ2n) is 4.13. The van der Waals surface area contributed by atoms with Crippen LogP contribution >= 0.6 is 0 Å². The Balaban J connectivity index is 1.90. The maximum Gasteiger partial charge on any atom is 0.335 e. The first-order valence-electron chi connectivity index (χ1n) is 5.40. The average molecular weight is 213 g/mol. The summed E-state index contributed by atoms with van der Waals surface area (Å²) in [5.74, 6) is -0.777. The van der Waals surface area contributed by atoms with Gasteiger partial charge in [0, 0.05) is 12.8 Å². The average Bonchev–Trinajstić information content (AvgIpc) is 2.82. The number of rotatable bonds is 2. The first kappa shape index (κ1) is 10.4. The molecule has 2 fully saturated rings. The van der Waals surface area contributed by atoms with Gasteiger partial charge in [0.25, 0.3) is 5.91 Å².